The van der Waals surface area contributed by atoms with Crippen LogP contribution < -0.4 is 9.47 Å². The molecule has 2 aliphatic rings. The van der Waals surface area contributed by atoms with Crippen molar-refractivity contribution in [3.8, 4) is 11.5 Å². The Balaban J connectivity index is 1.49. The second kappa shape index (κ2) is 6.32. The number of benzene rings is 1. The molecule has 1 N–H and O–H groups in total. The Labute approximate surface area is 154 Å². The highest BCUT2D eigenvalue weighted by molar-refractivity contribution is 7.12. The monoisotopic (exact) mass is 369 g/mol. The Hall–Kier alpha value is -2.54. The van der Waals surface area contributed by atoms with Crippen LogP contribution in [0.1, 0.15) is 40.8 Å². The van der Waals surface area contributed by atoms with Crippen LogP contribution in [-0.2, 0) is 0 Å². The van der Waals surface area contributed by atoms with Crippen molar-refractivity contribution >= 4 is 28.3 Å². The minimum absolute atomic E-state index is 0.00639. The maximum atomic E-state index is 13.3. The number of ether oxygens (including phenoxy) is 2. The molecule has 1 fully saturated rings. The number of aromatic amines is 1. The molecule has 1 amide bonds. The zero-order chi connectivity index (χ0) is 17.5. The van der Waals surface area contributed by atoms with E-state index in [1.54, 1.807) is 0 Å². The van der Waals surface area contributed by atoms with Crippen LogP contribution in [0.15, 0.2) is 29.6 Å². The Bertz CT molecular complexity index is 931. The van der Waals surface area contributed by atoms with Crippen LogP contribution in [0.5, 0.6) is 11.5 Å². The molecular weight excluding hydrogens is 350 g/mol. The number of thiophene rings is 1. The molecule has 4 heterocycles. The molecular formula is C19H19N3O3S. The number of imidazole rings is 1. The number of rotatable bonds is 2. The molecule has 3 aromatic rings. The highest BCUT2D eigenvalue weighted by Crippen LogP contribution is 2.42. The minimum atomic E-state index is -0.0362. The molecule has 2 aliphatic heterocycles. The Morgan fingerprint density at radius 3 is 3.04 bits per heavy atom. The smallest absolute Gasteiger partial charge is 0.268 e. The zero-order valence-corrected chi connectivity index (χ0v) is 15.1. The SMILES string of the molecule is O=C(c1scc2c1OCCO2)N1CCCC[C@@H]1c1nc2ccccc2[nH]1. The first-order valence-electron chi connectivity index (χ1n) is 8.94. The van der Waals surface area contributed by atoms with E-state index in [0.29, 0.717) is 29.6 Å². The third kappa shape index (κ3) is 2.54. The van der Waals surface area contributed by atoms with Gasteiger partial charge in [-0.1, -0.05) is 12.1 Å². The molecule has 0 bridgehead atoms. The number of amides is 1. The van der Waals surface area contributed by atoms with Crippen molar-refractivity contribution in [1.29, 1.82) is 0 Å². The van der Waals surface area contributed by atoms with Gasteiger partial charge >= 0.3 is 0 Å². The summed E-state index contributed by atoms with van der Waals surface area (Å²) in [6.45, 7) is 1.74. The fraction of sp³-hybridized carbons (Fsp3) is 0.368. The average Bonchev–Trinajstić information content (AvgIpc) is 3.31. The normalized spacial score (nSPS) is 19.7. The maximum absolute atomic E-state index is 13.3. The van der Waals surface area contributed by atoms with Gasteiger partial charge in [-0.05, 0) is 31.4 Å². The topological polar surface area (TPSA) is 67.5 Å². The fourth-order valence-electron chi connectivity index (χ4n) is 3.73. The zero-order valence-electron chi connectivity index (χ0n) is 14.2. The molecule has 0 saturated carbocycles. The van der Waals surface area contributed by atoms with Crippen molar-refractivity contribution < 1.29 is 14.3 Å². The van der Waals surface area contributed by atoms with E-state index in [-0.39, 0.29) is 11.9 Å². The predicted molar refractivity (Wildman–Crippen MR) is 99.0 cm³/mol. The summed E-state index contributed by atoms with van der Waals surface area (Å²) in [6.07, 6.45) is 3.01. The summed E-state index contributed by atoms with van der Waals surface area (Å²) < 4.78 is 11.3. The lowest BCUT2D eigenvalue weighted by Crippen LogP contribution is -2.39. The molecule has 7 heteroatoms. The standard InChI is InChI=1S/C19H19N3O3S/c23-19(17-16-15(11-26-17)24-9-10-25-16)22-8-4-3-7-14(22)18-20-12-5-1-2-6-13(12)21-18/h1-2,5-6,11,14H,3-4,7-10H2,(H,20,21)/t14-/m1/s1. The van der Waals surface area contributed by atoms with E-state index in [4.69, 9.17) is 14.5 Å². The molecule has 1 aromatic carbocycles. The van der Waals surface area contributed by atoms with Crippen molar-refractivity contribution in [1.82, 2.24) is 14.9 Å². The number of carbonyl (C=O) groups is 1. The lowest BCUT2D eigenvalue weighted by atomic mass is 10.0. The summed E-state index contributed by atoms with van der Waals surface area (Å²) in [6, 6.07) is 7.94. The summed E-state index contributed by atoms with van der Waals surface area (Å²) in [5.41, 5.74) is 1.94. The summed E-state index contributed by atoms with van der Waals surface area (Å²) >= 11 is 1.40. The highest BCUT2D eigenvalue weighted by atomic mass is 32.1. The van der Waals surface area contributed by atoms with Crippen LogP contribution in [0, 0.1) is 0 Å². The van der Waals surface area contributed by atoms with Crippen molar-refractivity contribution in [2.45, 2.75) is 25.3 Å². The lowest BCUT2D eigenvalue weighted by Gasteiger charge is -2.34. The number of piperidine rings is 1. The molecule has 0 aliphatic carbocycles. The van der Waals surface area contributed by atoms with Crippen LogP contribution in [-0.4, -0.2) is 40.5 Å². The van der Waals surface area contributed by atoms with Gasteiger partial charge in [-0.25, -0.2) is 4.98 Å². The number of hydrogen-bond donors (Lipinski definition) is 1. The van der Waals surface area contributed by atoms with E-state index in [2.05, 4.69) is 4.98 Å². The quantitative estimate of drug-likeness (QED) is 0.747. The molecule has 134 valence electrons. The third-order valence-corrected chi connectivity index (χ3v) is 5.91. The summed E-state index contributed by atoms with van der Waals surface area (Å²) in [4.78, 5) is 24.0. The van der Waals surface area contributed by atoms with E-state index >= 15 is 0 Å². The number of nitrogens with zero attached hydrogens (tertiary/aromatic N) is 2. The van der Waals surface area contributed by atoms with E-state index < -0.39 is 0 Å². The van der Waals surface area contributed by atoms with Crippen LogP contribution in [0.3, 0.4) is 0 Å². The molecule has 2 aromatic heterocycles. The van der Waals surface area contributed by atoms with Crippen molar-refractivity contribution in [2.75, 3.05) is 19.8 Å². The third-order valence-electron chi connectivity index (χ3n) is 4.98. The average molecular weight is 369 g/mol. The van der Waals surface area contributed by atoms with Gasteiger partial charge in [0.05, 0.1) is 17.1 Å². The molecule has 5 rings (SSSR count). The first-order chi connectivity index (χ1) is 12.8. The first-order valence-corrected chi connectivity index (χ1v) is 9.82. The second-order valence-electron chi connectivity index (χ2n) is 6.60. The van der Waals surface area contributed by atoms with Crippen LogP contribution in [0.4, 0.5) is 0 Å². The van der Waals surface area contributed by atoms with E-state index in [1.807, 2.05) is 34.5 Å². The number of aromatic nitrogens is 2. The van der Waals surface area contributed by atoms with Gasteiger partial charge in [-0.15, -0.1) is 11.3 Å². The summed E-state index contributed by atoms with van der Waals surface area (Å²) in [5, 5.41) is 1.86. The summed E-state index contributed by atoms with van der Waals surface area (Å²) in [5.74, 6) is 2.15. The molecule has 1 saturated heterocycles. The van der Waals surface area contributed by atoms with E-state index in [1.165, 1.54) is 11.3 Å². The Morgan fingerprint density at radius 2 is 2.12 bits per heavy atom. The lowest BCUT2D eigenvalue weighted by molar-refractivity contribution is 0.0598. The number of carbonyl (C=O) groups excluding carboxylic acids is 1. The van der Waals surface area contributed by atoms with Crippen LogP contribution in [0.2, 0.25) is 0 Å². The molecule has 6 nitrogen and oxygen atoms in total. The summed E-state index contributed by atoms with van der Waals surface area (Å²) in [7, 11) is 0. The van der Waals surface area contributed by atoms with Crippen molar-refractivity contribution in [3.05, 3.63) is 40.3 Å². The van der Waals surface area contributed by atoms with E-state index in [9.17, 15) is 4.79 Å². The highest BCUT2D eigenvalue weighted by Gasteiger charge is 2.34. The van der Waals surface area contributed by atoms with Gasteiger partial charge in [0.25, 0.3) is 5.91 Å². The molecule has 26 heavy (non-hydrogen) atoms. The van der Waals surface area contributed by atoms with Crippen LogP contribution in [0.25, 0.3) is 11.0 Å². The Kier molecular flexibility index (Phi) is 3.81. The molecule has 0 unspecified atom stereocenters. The number of nitrogens with one attached hydrogen (secondary N) is 1. The van der Waals surface area contributed by atoms with Gasteiger partial charge in [0.1, 0.15) is 23.9 Å². The van der Waals surface area contributed by atoms with Crippen molar-refractivity contribution in [2.24, 2.45) is 0 Å². The fourth-order valence-corrected chi connectivity index (χ4v) is 4.61. The van der Waals surface area contributed by atoms with Gasteiger partial charge in [0, 0.05) is 11.9 Å². The maximum Gasteiger partial charge on any atom is 0.268 e. The van der Waals surface area contributed by atoms with Gasteiger partial charge < -0.3 is 19.4 Å². The number of likely N-dealkylation sites (tertiary alicyclic amines) is 1. The van der Waals surface area contributed by atoms with Gasteiger partial charge in [0.2, 0.25) is 0 Å². The van der Waals surface area contributed by atoms with Gasteiger partial charge in [0.15, 0.2) is 11.5 Å². The second-order valence-corrected chi connectivity index (χ2v) is 7.48. The predicted octanol–water partition coefficient (Wildman–Crippen LogP) is 3.76. The number of para-hydroxylation sites is 2. The first kappa shape index (κ1) is 15.7. The van der Waals surface area contributed by atoms with E-state index in [0.717, 1.165) is 42.7 Å². The molecule has 0 radical (unpaired) electrons. The van der Waals surface area contributed by atoms with Crippen LogP contribution >= 0.6 is 11.3 Å². The number of fused-ring (bicyclic) bond motifs is 2. The molecule has 1 atom stereocenters. The van der Waals surface area contributed by atoms with Crippen molar-refractivity contribution in [3.63, 3.8) is 0 Å². The minimum Gasteiger partial charge on any atom is -0.485 e. The Morgan fingerprint density at radius 1 is 1.23 bits per heavy atom. The van der Waals surface area contributed by atoms with Gasteiger partial charge in [-0.3, -0.25) is 4.79 Å². The number of H-pyrrole nitrogens is 1. The largest absolute Gasteiger partial charge is 0.485 e. The van der Waals surface area contributed by atoms with Gasteiger partial charge in [-0.2, -0.15) is 0 Å². The molecule has 0 spiro atoms. The number of hydrogen-bond acceptors (Lipinski definition) is 5.